The number of ether oxygens (including phenoxy) is 2. The Morgan fingerprint density at radius 2 is 1.91 bits per heavy atom. The van der Waals surface area contributed by atoms with E-state index in [0.717, 1.165) is 0 Å². The minimum atomic E-state index is -0.547. The summed E-state index contributed by atoms with van der Waals surface area (Å²) in [5, 5.41) is 9.99. The van der Waals surface area contributed by atoms with Gasteiger partial charge in [-0.3, -0.25) is 4.79 Å². The molecular weight excluding hydrogens is 284 g/mol. The number of rotatable bonds is 0. The maximum atomic E-state index is 12.5. The van der Waals surface area contributed by atoms with Gasteiger partial charge in [-0.25, -0.2) is 4.79 Å². The van der Waals surface area contributed by atoms with Gasteiger partial charge in [0, 0.05) is 23.5 Å². The van der Waals surface area contributed by atoms with Crippen LogP contribution in [0.15, 0.2) is 17.4 Å². The van der Waals surface area contributed by atoms with Crippen molar-refractivity contribution in [3.05, 3.63) is 34.1 Å². The molecule has 0 bridgehead atoms. The van der Waals surface area contributed by atoms with Gasteiger partial charge in [0.15, 0.2) is 17.6 Å². The van der Waals surface area contributed by atoms with Crippen molar-refractivity contribution in [1.29, 1.82) is 0 Å². The van der Waals surface area contributed by atoms with Crippen LogP contribution in [0.2, 0.25) is 0 Å². The van der Waals surface area contributed by atoms with E-state index < -0.39 is 12.1 Å². The monoisotopic (exact) mass is 302 g/mol. The number of esters is 1. The summed E-state index contributed by atoms with van der Waals surface area (Å²) in [6.07, 6.45) is -0.146. The number of hydrogen-bond donors (Lipinski definition) is 1. The van der Waals surface area contributed by atoms with Gasteiger partial charge in [0.05, 0.1) is 0 Å². The predicted molar refractivity (Wildman–Crippen MR) is 78.9 cm³/mol. The Morgan fingerprint density at radius 1 is 1.23 bits per heavy atom. The molecule has 1 aliphatic heterocycles. The highest BCUT2D eigenvalue weighted by atomic mass is 16.6. The van der Waals surface area contributed by atoms with E-state index in [1.807, 2.05) is 6.92 Å². The molecule has 1 heterocycles. The van der Waals surface area contributed by atoms with E-state index in [9.17, 15) is 14.7 Å². The van der Waals surface area contributed by atoms with Crippen LogP contribution in [0.3, 0.4) is 0 Å². The number of aromatic hydroxyl groups is 1. The Labute approximate surface area is 128 Å². The van der Waals surface area contributed by atoms with Gasteiger partial charge in [-0.05, 0) is 32.4 Å². The van der Waals surface area contributed by atoms with Gasteiger partial charge >= 0.3 is 5.97 Å². The Morgan fingerprint density at radius 3 is 2.59 bits per heavy atom. The number of Topliss-reactive ketones (excluding diaryl/α,β-unsaturated/α-hetero) is 1. The number of carbonyl (C=O) groups excluding carboxylic acids is 2. The molecule has 2 unspecified atom stereocenters. The molecule has 0 fully saturated rings. The topological polar surface area (TPSA) is 72.8 Å². The van der Waals surface area contributed by atoms with E-state index in [4.69, 9.17) is 9.47 Å². The van der Waals surface area contributed by atoms with E-state index in [1.54, 1.807) is 20.8 Å². The molecule has 0 aromatic heterocycles. The van der Waals surface area contributed by atoms with E-state index in [-0.39, 0.29) is 17.5 Å². The second kappa shape index (κ2) is 4.87. The van der Waals surface area contributed by atoms with Gasteiger partial charge in [-0.2, -0.15) is 0 Å². The van der Waals surface area contributed by atoms with E-state index in [2.05, 4.69) is 0 Å². The summed E-state index contributed by atoms with van der Waals surface area (Å²) >= 11 is 0. The number of phenolic OH excluding ortho intramolecular Hbond substituents is 1. The Bertz CT molecular complexity index is 729. The van der Waals surface area contributed by atoms with Crippen molar-refractivity contribution < 1.29 is 24.2 Å². The number of fused-ring (bicyclic) bond motifs is 2. The summed E-state index contributed by atoms with van der Waals surface area (Å²) in [6.45, 7) is 6.95. The zero-order chi connectivity index (χ0) is 16.2. The second-order valence-electron chi connectivity index (χ2n) is 6.06. The van der Waals surface area contributed by atoms with Gasteiger partial charge < -0.3 is 14.6 Å². The van der Waals surface area contributed by atoms with Crippen molar-refractivity contribution in [3.8, 4) is 11.5 Å². The van der Waals surface area contributed by atoms with Crippen LogP contribution in [-0.2, 0) is 9.53 Å². The van der Waals surface area contributed by atoms with Crippen molar-refractivity contribution in [3.63, 3.8) is 0 Å². The van der Waals surface area contributed by atoms with Crippen LogP contribution in [0, 0.1) is 19.8 Å². The van der Waals surface area contributed by atoms with Crippen LogP contribution in [0.1, 0.15) is 41.8 Å². The van der Waals surface area contributed by atoms with Crippen molar-refractivity contribution in [1.82, 2.24) is 0 Å². The molecule has 1 aromatic rings. The number of aryl methyl sites for hydroxylation is 1. The van der Waals surface area contributed by atoms with Crippen molar-refractivity contribution in [2.75, 3.05) is 0 Å². The molecule has 3 rings (SSSR count). The highest BCUT2D eigenvalue weighted by molar-refractivity contribution is 6.00. The molecule has 116 valence electrons. The molecule has 5 heteroatoms. The van der Waals surface area contributed by atoms with Crippen LogP contribution in [-0.4, -0.2) is 23.0 Å². The largest absolute Gasteiger partial charge is 0.508 e. The third-order valence-electron chi connectivity index (χ3n) is 4.42. The summed E-state index contributed by atoms with van der Waals surface area (Å²) in [7, 11) is 0. The number of allylic oxidation sites excluding steroid dienone is 1. The van der Waals surface area contributed by atoms with Gasteiger partial charge in [-0.15, -0.1) is 0 Å². The number of hydrogen-bond acceptors (Lipinski definition) is 5. The molecule has 1 aromatic carbocycles. The van der Waals surface area contributed by atoms with Gasteiger partial charge in [0.25, 0.3) is 0 Å². The first-order chi connectivity index (χ1) is 10.3. The summed E-state index contributed by atoms with van der Waals surface area (Å²) in [4.78, 5) is 24.5. The fourth-order valence-corrected chi connectivity index (χ4v) is 3.01. The number of carbonyl (C=O) groups is 2. The van der Waals surface area contributed by atoms with Crippen LogP contribution in [0.5, 0.6) is 11.5 Å². The SMILES string of the molecule is CC1=C2OC(=O)c3c(C)cc(O)c(C)c3OC2C(C)CC1=O. The molecule has 2 atom stereocenters. The number of benzene rings is 1. The Balaban J connectivity index is 2.23. The first kappa shape index (κ1) is 14.6. The predicted octanol–water partition coefficient (Wildman–Crippen LogP) is 2.81. The molecule has 0 radical (unpaired) electrons. The smallest absolute Gasteiger partial charge is 0.347 e. The van der Waals surface area contributed by atoms with Crippen molar-refractivity contribution >= 4 is 11.8 Å². The second-order valence-corrected chi connectivity index (χ2v) is 6.06. The quantitative estimate of drug-likeness (QED) is 0.746. The Hall–Kier alpha value is -2.30. The van der Waals surface area contributed by atoms with Gasteiger partial charge in [0.1, 0.15) is 17.1 Å². The number of phenols is 1. The van der Waals surface area contributed by atoms with Gasteiger partial charge in [-0.1, -0.05) is 6.92 Å². The lowest BCUT2D eigenvalue weighted by atomic mass is 9.86. The molecule has 22 heavy (non-hydrogen) atoms. The summed E-state index contributed by atoms with van der Waals surface area (Å²) in [6, 6.07) is 1.52. The first-order valence-electron chi connectivity index (χ1n) is 7.27. The maximum Gasteiger partial charge on any atom is 0.347 e. The zero-order valence-electron chi connectivity index (χ0n) is 13.0. The molecule has 2 aliphatic rings. The standard InChI is InChI=1S/C17H18O5/c1-7-5-11(18)9(3)15-13(7)17(20)22-16-10(4)12(19)6-8(2)14(16)21-15/h5,8,14,18H,6H2,1-4H3. The third kappa shape index (κ3) is 2.00. The molecule has 0 amide bonds. The Kier molecular flexibility index (Phi) is 3.24. The molecule has 1 aliphatic carbocycles. The molecule has 5 nitrogen and oxygen atoms in total. The minimum absolute atomic E-state index is 0.0302. The lowest BCUT2D eigenvalue weighted by molar-refractivity contribution is -0.118. The van der Waals surface area contributed by atoms with Crippen molar-refractivity contribution in [2.24, 2.45) is 5.92 Å². The highest BCUT2D eigenvalue weighted by Gasteiger charge is 2.40. The van der Waals surface area contributed by atoms with Crippen LogP contribution >= 0.6 is 0 Å². The van der Waals surface area contributed by atoms with E-state index in [0.29, 0.717) is 40.2 Å². The molecule has 0 spiro atoms. The summed E-state index contributed by atoms with van der Waals surface area (Å²) < 4.78 is 11.5. The third-order valence-corrected chi connectivity index (χ3v) is 4.42. The number of ketones is 1. The molecule has 0 saturated carbocycles. The molecule has 1 N–H and O–H groups in total. The maximum absolute atomic E-state index is 12.5. The average molecular weight is 302 g/mol. The lowest BCUT2D eigenvalue weighted by Crippen LogP contribution is -2.35. The van der Waals surface area contributed by atoms with E-state index >= 15 is 0 Å². The van der Waals surface area contributed by atoms with Gasteiger partial charge in [0.2, 0.25) is 0 Å². The highest BCUT2D eigenvalue weighted by Crippen LogP contribution is 2.41. The zero-order valence-corrected chi connectivity index (χ0v) is 13.0. The van der Waals surface area contributed by atoms with Crippen LogP contribution in [0.25, 0.3) is 0 Å². The summed E-state index contributed by atoms with van der Waals surface area (Å²) in [5.74, 6) is 0.0335. The van der Waals surface area contributed by atoms with Crippen LogP contribution in [0.4, 0.5) is 0 Å². The molecular formula is C17H18O5. The lowest BCUT2D eigenvalue weighted by Gasteiger charge is -2.29. The minimum Gasteiger partial charge on any atom is -0.508 e. The first-order valence-corrected chi connectivity index (χ1v) is 7.27. The van der Waals surface area contributed by atoms with E-state index in [1.165, 1.54) is 6.07 Å². The average Bonchev–Trinajstić information content (AvgIpc) is 2.60. The fourth-order valence-electron chi connectivity index (χ4n) is 3.01. The van der Waals surface area contributed by atoms with Crippen molar-refractivity contribution in [2.45, 2.75) is 40.2 Å². The molecule has 0 saturated heterocycles. The summed E-state index contributed by atoms with van der Waals surface area (Å²) in [5.41, 5.74) is 1.83. The normalized spacial score (nSPS) is 24.2. The fraction of sp³-hybridized carbons (Fsp3) is 0.412. The van der Waals surface area contributed by atoms with Crippen LogP contribution < -0.4 is 4.74 Å².